The first-order valence-corrected chi connectivity index (χ1v) is 6.30. The van der Waals surface area contributed by atoms with Gasteiger partial charge in [-0.2, -0.15) is 0 Å². The van der Waals surface area contributed by atoms with E-state index in [4.69, 9.17) is 0 Å². The van der Waals surface area contributed by atoms with E-state index in [1.54, 1.807) is 18.2 Å². The van der Waals surface area contributed by atoms with Crippen LogP contribution >= 0.6 is 0 Å². The minimum Gasteiger partial charge on any atom is -0.322 e. The Bertz CT molecular complexity index is 461. The topological polar surface area (TPSA) is 53.2 Å². The average Bonchev–Trinajstić information content (AvgIpc) is 3.10. The van der Waals surface area contributed by atoms with Gasteiger partial charge in [0, 0.05) is 6.04 Å². The molecule has 2 fully saturated rings. The second-order valence-electron chi connectivity index (χ2n) is 4.99. The summed E-state index contributed by atoms with van der Waals surface area (Å²) in [7, 11) is 0. The lowest BCUT2D eigenvalue weighted by molar-refractivity contribution is -0.117. The van der Waals surface area contributed by atoms with E-state index in [-0.39, 0.29) is 17.6 Å². The maximum absolute atomic E-state index is 13.4. The number of hydrazine groups is 1. The van der Waals surface area contributed by atoms with Crippen LogP contribution < -0.4 is 16.2 Å². The van der Waals surface area contributed by atoms with Crippen LogP contribution in [0, 0.1) is 11.7 Å². The molecular weight excluding hydrogens is 233 g/mol. The van der Waals surface area contributed by atoms with Gasteiger partial charge in [-0.3, -0.25) is 10.2 Å². The third-order valence-electron chi connectivity index (χ3n) is 3.57. The summed E-state index contributed by atoms with van der Waals surface area (Å²) in [6, 6.07) is 6.29. The largest absolute Gasteiger partial charge is 0.322 e. The molecule has 3 rings (SSSR count). The van der Waals surface area contributed by atoms with Crippen LogP contribution in [0.5, 0.6) is 0 Å². The van der Waals surface area contributed by atoms with Gasteiger partial charge in [0.05, 0.1) is 5.69 Å². The Morgan fingerprint density at radius 1 is 1.28 bits per heavy atom. The Morgan fingerprint density at radius 2 is 2.06 bits per heavy atom. The molecule has 2 unspecified atom stereocenters. The van der Waals surface area contributed by atoms with Crippen molar-refractivity contribution in [3.8, 4) is 0 Å². The molecule has 18 heavy (non-hydrogen) atoms. The minimum atomic E-state index is -0.407. The summed E-state index contributed by atoms with van der Waals surface area (Å²) in [6.07, 6.45) is 3.24. The maximum Gasteiger partial charge on any atom is 0.243 e. The molecule has 1 saturated heterocycles. The lowest BCUT2D eigenvalue weighted by Gasteiger charge is -2.11. The zero-order valence-electron chi connectivity index (χ0n) is 9.95. The molecule has 1 saturated carbocycles. The van der Waals surface area contributed by atoms with Crippen molar-refractivity contribution in [1.82, 2.24) is 10.9 Å². The molecule has 0 spiro atoms. The summed E-state index contributed by atoms with van der Waals surface area (Å²) in [5.41, 5.74) is 6.36. The van der Waals surface area contributed by atoms with Crippen molar-refractivity contribution in [2.45, 2.75) is 31.3 Å². The Hall–Kier alpha value is -1.46. The summed E-state index contributed by atoms with van der Waals surface area (Å²) in [4.78, 5) is 12.0. The highest BCUT2D eigenvalue weighted by molar-refractivity contribution is 5.95. The zero-order valence-corrected chi connectivity index (χ0v) is 9.95. The van der Waals surface area contributed by atoms with Gasteiger partial charge in [-0.1, -0.05) is 12.1 Å². The molecule has 2 aliphatic rings. The highest BCUT2D eigenvalue weighted by Crippen LogP contribution is 2.35. The summed E-state index contributed by atoms with van der Waals surface area (Å²) >= 11 is 0. The first-order valence-electron chi connectivity index (χ1n) is 6.30. The third kappa shape index (κ3) is 2.37. The molecule has 5 heteroatoms. The molecule has 1 aliphatic heterocycles. The van der Waals surface area contributed by atoms with Crippen molar-refractivity contribution >= 4 is 11.6 Å². The zero-order chi connectivity index (χ0) is 12.5. The fourth-order valence-electron chi connectivity index (χ4n) is 2.34. The lowest BCUT2D eigenvalue weighted by atomic mass is 10.1. The summed E-state index contributed by atoms with van der Waals surface area (Å²) in [5.74, 6) is 0.107. The number of halogens is 1. The van der Waals surface area contributed by atoms with Gasteiger partial charge in [-0.05, 0) is 37.3 Å². The lowest BCUT2D eigenvalue weighted by Crippen LogP contribution is -2.40. The van der Waals surface area contributed by atoms with Crippen LogP contribution in [0.25, 0.3) is 0 Å². The van der Waals surface area contributed by atoms with Gasteiger partial charge in [0.2, 0.25) is 5.91 Å². The van der Waals surface area contributed by atoms with Crippen LogP contribution in [0.3, 0.4) is 0 Å². The number of nitrogens with one attached hydrogen (secondary N) is 3. The van der Waals surface area contributed by atoms with Gasteiger partial charge in [0.25, 0.3) is 0 Å². The predicted octanol–water partition coefficient (Wildman–Crippen LogP) is 1.41. The van der Waals surface area contributed by atoms with Gasteiger partial charge in [0.15, 0.2) is 0 Å². The number of carbonyl (C=O) groups is 1. The number of anilines is 1. The number of hydrogen-bond acceptors (Lipinski definition) is 3. The van der Waals surface area contributed by atoms with Crippen molar-refractivity contribution in [3.05, 3.63) is 30.1 Å². The molecule has 0 bridgehead atoms. The monoisotopic (exact) mass is 249 g/mol. The maximum atomic E-state index is 13.4. The molecule has 1 aliphatic carbocycles. The summed E-state index contributed by atoms with van der Waals surface area (Å²) in [5, 5.41) is 2.62. The van der Waals surface area contributed by atoms with E-state index in [0.29, 0.717) is 12.0 Å². The fourth-order valence-corrected chi connectivity index (χ4v) is 2.34. The van der Waals surface area contributed by atoms with Crippen molar-refractivity contribution in [2.24, 2.45) is 5.92 Å². The third-order valence-corrected chi connectivity index (χ3v) is 3.57. The summed E-state index contributed by atoms with van der Waals surface area (Å²) < 4.78 is 13.4. The molecule has 96 valence electrons. The van der Waals surface area contributed by atoms with E-state index >= 15 is 0 Å². The molecule has 0 aromatic heterocycles. The van der Waals surface area contributed by atoms with Gasteiger partial charge >= 0.3 is 0 Å². The van der Waals surface area contributed by atoms with Crippen LogP contribution in [0.2, 0.25) is 0 Å². The number of rotatable bonds is 3. The molecular formula is C13H16FN3O. The standard InChI is InChI=1S/C13H16FN3O/c14-9-3-1-2-4-10(9)15-13(18)12-7-11(16-17-12)8-5-6-8/h1-4,8,11-12,16-17H,5-7H2,(H,15,18). The second-order valence-corrected chi connectivity index (χ2v) is 4.99. The molecule has 1 amide bonds. The van der Waals surface area contributed by atoms with Gasteiger partial charge < -0.3 is 5.32 Å². The van der Waals surface area contributed by atoms with Crippen molar-refractivity contribution in [2.75, 3.05) is 5.32 Å². The first-order chi connectivity index (χ1) is 8.74. The molecule has 2 atom stereocenters. The molecule has 1 aromatic carbocycles. The van der Waals surface area contributed by atoms with Crippen LogP contribution in [0.15, 0.2) is 24.3 Å². The van der Waals surface area contributed by atoms with Crippen LogP contribution in [-0.4, -0.2) is 18.0 Å². The first kappa shape index (κ1) is 11.6. The van der Waals surface area contributed by atoms with E-state index in [1.165, 1.54) is 18.9 Å². The molecule has 1 aromatic rings. The SMILES string of the molecule is O=C(Nc1ccccc1F)C1CC(C2CC2)NN1. The summed E-state index contributed by atoms with van der Waals surface area (Å²) in [6.45, 7) is 0. The van der Waals surface area contributed by atoms with Crippen LogP contribution in [0.1, 0.15) is 19.3 Å². The number of carbonyl (C=O) groups excluding carboxylic acids is 1. The number of benzene rings is 1. The van der Waals surface area contributed by atoms with E-state index in [1.807, 2.05) is 0 Å². The normalized spacial score (nSPS) is 27.2. The van der Waals surface area contributed by atoms with Crippen molar-refractivity contribution in [1.29, 1.82) is 0 Å². The van der Waals surface area contributed by atoms with Crippen molar-refractivity contribution < 1.29 is 9.18 Å². The Balaban J connectivity index is 1.60. The van der Waals surface area contributed by atoms with Gasteiger partial charge in [-0.25, -0.2) is 9.82 Å². The Labute approximate surface area is 105 Å². The van der Waals surface area contributed by atoms with E-state index < -0.39 is 5.82 Å². The van der Waals surface area contributed by atoms with Crippen molar-refractivity contribution in [3.63, 3.8) is 0 Å². The second kappa shape index (κ2) is 4.66. The highest BCUT2D eigenvalue weighted by atomic mass is 19.1. The van der Waals surface area contributed by atoms with E-state index in [2.05, 4.69) is 16.2 Å². The number of hydrogen-bond donors (Lipinski definition) is 3. The van der Waals surface area contributed by atoms with Gasteiger partial charge in [0.1, 0.15) is 11.9 Å². The molecule has 3 N–H and O–H groups in total. The highest BCUT2D eigenvalue weighted by Gasteiger charge is 2.38. The molecule has 1 heterocycles. The smallest absolute Gasteiger partial charge is 0.243 e. The minimum absolute atomic E-state index is 0.184. The van der Waals surface area contributed by atoms with E-state index in [9.17, 15) is 9.18 Å². The quantitative estimate of drug-likeness (QED) is 0.759. The number of para-hydroxylation sites is 1. The van der Waals surface area contributed by atoms with E-state index in [0.717, 1.165) is 6.42 Å². The van der Waals surface area contributed by atoms with Crippen LogP contribution in [-0.2, 0) is 4.79 Å². The van der Waals surface area contributed by atoms with Crippen LogP contribution in [0.4, 0.5) is 10.1 Å². The number of amides is 1. The average molecular weight is 249 g/mol. The molecule has 0 radical (unpaired) electrons. The Morgan fingerprint density at radius 3 is 2.78 bits per heavy atom. The van der Waals surface area contributed by atoms with Gasteiger partial charge in [-0.15, -0.1) is 0 Å². The molecule has 4 nitrogen and oxygen atoms in total. The fraction of sp³-hybridized carbons (Fsp3) is 0.462. The Kier molecular flexibility index (Phi) is 3.01. The predicted molar refractivity (Wildman–Crippen MR) is 66.2 cm³/mol.